The summed E-state index contributed by atoms with van der Waals surface area (Å²) in [5.41, 5.74) is 10.1. The van der Waals surface area contributed by atoms with Crippen molar-refractivity contribution < 1.29 is 4.79 Å². The number of guanidine groups is 1. The number of carbonyl (C=O) groups is 1. The van der Waals surface area contributed by atoms with Gasteiger partial charge in [-0.3, -0.25) is 9.69 Å². The van der Waals surface area contributed by atoms with Crippen molar-refractivity contribution in [3.8, 4) is 11.1 Å². The van der Waals surface area contributed by atoms with E-state index in [2.05, 4.69) is 62.2 Å². The zero-order chi connectivity index (χ0) is 20.3. The monoisotopic (exact) mass is 377 g/mol. The Balaban J connectivity index is 1.78. The Kier molecular flexibility index (Phi) is 5.87. The molecule has 1 unspecified atom stereocenters. The van der Waals surface area contributed by atoms with E-state index in [1.807, 2.05) is 19.1 Å². The molecule has 3 rings (SSSR count). The van der Waals surface area contributed by atoms with E-state index in [1.54, 1.807) is 4.90 Å². The lowest BCUT2D eigenvalue weighted by molar-refractivity contribution is -0.131. The maximum Gasteiger partial charge on any atom is 0.257 e. The summed E-state index contributed by atoms with van der Waals surface area (Å²) >= 11 is 0. The predicted molar refractivity (Wildman–Crippen MR) is 116 cm³/mol. The fourth-order valence-electron chi connectivity index (χ4n) is 4.02. The van der Waals surface area contributed by atoms with Crippen molar-refractivity contribution in [3.63, 3.8) is 0 Å². The predicted octanol–water partition coefficient (Wildman–Crippen LogP) is 4.77. The van der Waals surface area contributed by atoms with Crippen LogP contribution < -0.4 is 5.73 Å². The molecule has 2 aromatic carbocycles. The standard InChI is InChI=1S/C24H31N3O/c1-5-7-18-10-12-20(13-11-18)21-9-6-8-19(14-21)16-27-22(28)24(4,15-17(2)3)26-23(27)25/h6,8-14,17H,5,7,15-16H2,1-4H3,(H2,25,26). The van der Waals surface area contributed by atoms with Gasteiger partial charge in [0.2, 0.25) is 0 Å². The number of aryl methyl sites for hydroxylation is 1. The number of hydrogen-bond donors (Lipinski definition) is 1. The van der Waals surface area contributed by atoms with Crippen LogP contribution in [0.5, 0.6) is 0 Å². The first-order valence-corrected chi connectivity index (χ1v) is 10.2. The van der Waals surface area contributed by atoms with Crippen LogP contribution in [0.2, 0.25) is 0 Å². The molecule has 2 aromatic rings. The molecule has 2 N–H and O–H groups in total. The normalized spacial score (nSPS) is 19.4. The molecule has 1 amide bonds. The van der Waals surface area contributed by atoms with E-state index < -0.39 is 5.54 Å². The van der Waals surface area contributed by atoms with Crippen LogP contribution in [0, 0.1) is 5.92 Å². The van der Waals surface area contributed by atoms with Crippen molar-refractivity contribution in [2.24, 2.45) is 16.6 Å². The van der Waals surface area contributed by atoms with Crippen molar-refractivity contribution in [2.45, 2.75) is 59.0 Å². The van der Waals surface area contributed by atoms with E-state index in [-0.39, 0.29) is 5.91 Å². The lowest BCUT2D eigenvalue weighted by Crippen LogP contribution is -2.43. The summed E-state index contributed by atoms with van der Waals surface area (Å²) in [6.45, 7) is 8.72. The van der Waals surface area contributed by atoms with E-state index in [4.69, 9.17) is 5.73 Å². The molecule has 4 nitrogen and oxygen atoms in total. The molecule has 1 aliphatic rings. The molecule has 0 fully saturated rings. The molecule has 0 radical (unpaired) electrons. The van der Waals surface area contributed by atoms with Gasteiger partial charge in [-0.05, 0) is 54.0 Å². The molecular weight excluding hydrogens is 346 g/mol. The zero-order valence-corrected chi connectivity index (χ0v) is 17.4. The van der Waals surface area contributed by atoms with E-state index in [9.17, 15) is 4.79 Å². The smallest absolute Gasteiger partial charge is 0.257 e. The van der Waals surface area contributed by atoms with Gasteiger partial charge in [-0.25, -0.2) is 4.99 Å². The number of aliphatic imine (C=N–C) groups is 1. The number of carbonyl (C=O) groups excluding carboxylic acids is 1. The van der Waals surface area contributed by atoms with Crippen molar-refractivity contribution in [2.75, 3.05) is 0 Å². The lowest BCUT2D eigenvalue weighted by Gasteiger charge is -2.23. The van der Waals surface area contributed by atoms with Crippen molar-refractivity contribution in [1.82, 2.24) is 4.90 Å². The van der Waals surface area contributed by atoms with Gasteiger partial charge in [0.15, 0.2) is 5.96 Å². The summed E-state index contributed by atoms with van der Waals surface area (Å²) in [4.78, 5) is 19.1. The summed E-state index contributed by atoms with van der Waals surface area (Å²) < 4.78 is 0. The number of hydrogen-bond acceptors (Lipinski definition) is 3. The fraction of sp³-hybridized carbons (Fsp3) is 0.417. The SMILES string of the molecule is CCCc1ccc(-c2cccc(CN3C(=O)C(C)(CC(C)C)N=C3N)c2)cc1. The third kappa shape index (κ3) is 4.27. The molecule has 148 valence electrons. The van der Waals surface area contributed by atoms with Crippen molar-refractivity contribution >= 4 is 11.9 Å². The molecule has 0 aromatic heterocycles. The molecule has 0 saturated carbocycles. The average molecular weight is 378 g/mol. The first-order chi connectivity index (χ1) is 13.3. The van der Waals surface area contributed by atoms with Crippen LogP contribution >= 0.6 is 0 Å². The number of rotatable bonds is 7. The maximum absolute atomic E-state index is 13.0. The van der Waals surface area contributed by atoms with Crippen LogP contribution in [-0.4, -0.2) is 22.3 Å². The molecule has 1 heterocycles. The van der Waals surface area contributed by atoms with E-state index in [0.717, 1.165) is 24.0 Å². The zero-order valence-electron chi connectivity index (χ0n) is 17.4. The first kappa shape index (κ1) is 20.1. The number of amides is 1. The molecule has 4 heteroatoms. The summed E-state index contributed by atoms with van der Waals surface area (Å²) in [7, 11) is 0. The summed E-state index contributed by atoms with van der Waals surface area (Å²) in [5, 5.41) is 0. The Bertz CT molecular complexity index is 870. The summed E-state index contributed by atoms with van der Waals surface area (Å²) in [6, 6.07) is 17.0. The van der Waals surface area contributed by atoms with E-state index >= 15 is 0 Å². The second-order valence-corrected chi connectivity index (χ2v) is 8.38. The van der Waals surface area contributed by atoms with Gasteiger partial charge in [0.05, 0.1) is 6.54 Å². The number of nitrogens with two attached hydrogens (primary N) is 1. The van der Waals surface area contributed by atoms with Gasteiger partial charge >= 0.3 is 0 Å². The largest absolute Gasteiger partial charge is 0.369 e. The molecule has 0 bridgehead atoms. The van der Waals surface area contributed by atoms with Gasteiger partial charge in [0, 0.05) is 0 Å². The second-order valence-electron chi connectivity index (χ2n) is 8.38. The Morgan fingerprint density at radius 1 is 1.07 bits per heavy atom. The van der Waals surface area contributed by atoms with Gasteiger partial charge in [-0.15, -0.1) is 0 Å². The van der Waals surface area contributed by atoms with Crippen LogP contribution in [0.1, 0.15) is 51.7 Å². The first-order valence-electron chi connectivity index (χ1n) is 10.2. The highest BCUT2D eigenvalue weighted by Gasteiger charge is 2.43. The van der Waals surface area contributed by atoms with Gasteiger partial charge in [-0.1, -0.05) is 69.7 Å². The Hall–Kier alpha value is -2.62. The van der Waals surface area contributed by atoms with E-state index in [0.29, 0.717) is 24.8 Å². The molecule has 0 spiro atoms. The lowest BCUT2D eigenvalue weighted by atomic mass is 9.91. The number of benzene rings is 2. The summed E-state index contributed by atoms with van der Waals surface area (Å²) in [5.74, 6) is 0.694. The highest BCUT2D eigenvalue weighted by Crippen LogP contribution is 2.30. The number of nitrogens with zero attached hydrogens (tertiary/aromatic N) is 2. The molecular formula is C24H31N3O. The third-order valence-electron chi connectivity index (χ3n) is 5.24. The second kappa shape index (κ2) is 8.17. The van der Waals surface area contributed by atoms with Gasteiger partial charge in [0.1, 0.15) is 5.54 Å². The molecule has 0 saturated heterocycles. The van der Waals surface area contributed by atoms with Gasteiger partial charge < -0.3 is 5.73 Å². The molecule has 28 heavy (non-hydrogen) atoms. The fourth-order valence-corrected chi connectivity index (χ4v) is 4.02. The van der Waals surface area contributed by atoms with Crippen LogP contribution in [0.25, 0.3) is 11.1 Å². The highest BCUT2D eigenvalue weighted by atomic mass is 16.2. The third-order valence-corrected chi connectivity index (χ3v) is 5.24. The van der Waals surface area contributed by atoms with Crippen LogP contribution in [0.3, 0.4) is 0 Å². The van der Waals surface area contributed by atoms with Gasteiger partial charge in [0.25, 0.3) is 5.91 Å². The van der Waals surface area contributed by atoms with Crippen LogP contribution in [0.4, 0.5) is 0 Å². The van der Waals surface area contributed by atoms with E-state index in [1.165, 1.54) is 11.1 Å². The highest BCUT2D eigenvalue weighted by molar-refractivity contribution is 6.06. The van der Waals surface area contributed by atoms with Crippen molar-refractivity contribution in [3.05, 3.63) is 59.7 Å². The minimum Gasteiger partial charge on any atom is -0.369 e. The molecule has 0 aliphatic carbocycles. The Morgan fingerprint density at radius 3 is 2.43 bits per heavy atom. The molecule has 1 atom stereocenters. The van der Waals surface area contributed by atoms with Gasteiger partial charge in [-0.2, -0.15) is 0 Å². The Morgan fingerprint density at radius 2 is 1.79 bits per heavy atom. The topological polar surface area (TPSA) is 58.7 Å². The molecule has 1 aliphatic heterocycles. The van der Waals surface area contributed by atoms with Crippen LogP contribution in [-0.2, 0) is 17.8 Å². The minimum absolute atomic E-state index is 0.00646. The average Bonchev–Trinajstić information content (AvgIpc) is 2.85. The maximum atomic E-state index is 13.0. The minimum atomic E-state index is -0.745. The van der Waals surface area contributed by atoms with Crippen molar-refractivity contribution in [1.29, 1.82) is 0 Å². The van der Waals surface area contributed by atoms with Crippen LogP contribution in [0.15, 0.2) is 53.5 Å². The Labute approximate surface area is 168 Å². The summed E-state index contributed by atoms with van der Waals surface area (Å²) in [6.07, 6.45) is 2.95. The quantitative estimate of drug-likeness (QED) is 0.756.